The van der Waals surface area contributed by atoms with E-state index in [4.69, 9.17) is 18.9 Å². The summed E-state index contributed by atoms with van der Waals surface area (Å²) in [6.45, 7) is 4.49. The molecule has 2 aromatic carbocycles. The van der Waals surface area contributed by atoms with E-state index in [0.717, 1.165) is 31.2 Å². The number of nitrogens with zero attached hydrogens (tertiary/aromatic N) is 2. The Kier molecular flexibility index (Phi) is 7.44. The third kappa shape index (κ3) is 5.33. The van der Waals surface area contributed by atoms with Crippen molar-refractivity contribution in [3.05, 3.63) is 47.5 Å². The Hall–Kier alpha value is -3.42. The maximum atomic E-state index is 14.1. The molecule has 0 unspecified atom stereocenters. The van der Waals surface area contributed by atoms with Crippen LogP contribution in [0.1, 0.15) is 69.5 Å². The molecule has 0 N–H and O–H groups in total. The zero-order valence-electron chi connectivity index (χ0n) is 21.9. The van der Waals surface area contributed by atoms with Gasteiger partial charge in [0.2, 0.25) is 12.7 Å². The third-order valence-corrected chi connectivity index (χ3v) is 7.38. The molecule has 2 heterocycles. The molecule has 0 spiro atoms. The van der Waals surface area contributed by atoms with Crippen LogP contribution in [0, 0.1) is 0 Å². The van der Waals surface area contributed by atoms with Crippen molar-refractivity contribution in [3.8, 4) is 23.0 Å². The Morgan fingerprint density at radius 3 is 2.43 bits per heavy atom. The molecule has 1 aliphatic carbocycles. The van der Waals surface area contributed by atoms with Crippen molar-refractivity contribution in [2.75, 3.05) is 20.4 Å². The molecule has 3 aliphatic rings. The number of carbonyl (C=O) groups is 2. The van der Waals surface area contributed by atoms with E-state index in [1.807, 2.05) is 55.1 Å². The Labute approximate surface area is 218 Å². The second-order valence-corrected chi connectivity index (χ2v) is 10.3. The maximum Gasteiger partial charge on any atom is 0.250 e. The molecule has 0 aromatic heterocycles. The molecule has 0 radical (unpaired) electrons. The van der Waals surface area contributed by atoms with Gasteiger partial charge in [-0.05, 0) is 62.1 Å². The van der Waals surface area contributed by atoms with E-state index >= 15 is 0 Å². The van der Waals surface area contributed by atoms with Crippen LogP contribution in [0.15, 0.2) is 36.4 Å². The molecule has 8 heteroatoms. The second-order valence-electron chi connectivity index (χ2n) is 10.3. The van der Waals surface area contributed by atoms with Gasteiger partial charge in [0, 0.05) is 12.6 Å². The van der Waals surface area contributed by atoms with E-state index in [1.54, 1.807) is 12.0 Å². The number of benzene rings is 2. The van der Waals surface area contributed by atoms with Gasteiger partial charge in [-0.2, -0.15) is 0 Å². The van der Waals surface area contributed by atoms with Crippen LogP contribution in [0.2, 0.25) is 0 Å². The first-order valence-electron chi connectivity index (χ1n) is 13.3. The largest absolute Gasteiger partial charge is 0.493 e. The number of piperazine rings is 1. The molecule has 37 heavy (non-hydrogen) atoms. The number of rotatable bonds is 7. The monoisotopic (exact) mass is 508 g/mol. The predicted molar refractivity (Wildman–Crippen MR) is 138 cm³/mol. The molecular formula is C29H36N2O6. The minimum atomic E-state index is -0.753. The van der Waals surface area contributed by atoms with Crippen molar-refractivity contribution in [2.24, 2.45) is 0 Å². The van der Waals surface area contributed by atoms with E-state index in [9.17, 15) is 9.59 Å². The standard InChI is InChI=1S/C29H36N2O6/c1-19(2)37-24-13-11-21(15-25(24)34-3)28-29(33)30(22-8-6-4-5-7-9-22)17-27(32)31(28)16-20-10-12-23-26(14-20)36-18-35-23/h10-15,19,22,28H,4-9,16-18H2,1-3H3/t28-/m0/s1. The summed E-state index contributed by atoms with van der Waals surface area (Å²) in [6.07, 6.45) is 6.40. The number of carbonyl (C=O) groups excluding carboxylic acids is 2. The highest BCUT2D eigenvalue weighted by atomic mass is 16.7. The van der Waals surface area contributed by atoms with Gasteiger partial charge in [-0.1, -0.05) is 37.8 Å². The number of hydrogen-bond acceptors (Lipinski definition) is 6. The molecule has 8 nitrogen and oxygen atoms in total. The smallest absolute Gasteiger partial charge is 0.250 e. The average Bonchev–Trinajstić information content (AvgIpc) is 3.18. The van der Waals surface area contributed by atoms with Gasteiger partial charge in [-0.25, -0.2) is 0 Å². The first-order chi connectivity index (χ1) is 17.9. The Morgan fingerprint density at radius 2 is 1.70 bits per heavy atom. The number of fused-ring (bicyclic) bond motifs is 1. The summed E-state index contributed by atoms with van der Waals surface area (Å²) in [5, 5.41) is 0. The summed E-state index contributed by atoms with van der Waals surface area (Å²) in [5.74, 6) is 2.40. The Morgan fingerprint density at radius 1 is 0.946 bits per heavy atom. The summed E-state index contributed by atoms with van der Waals surface area (Å²) < 4.78 is 22.5. The lowest BCUT2D eigenvalue weighted by atomic mass is 9.96. The fraction of sp³-hybridized carbons (Fsp3) is 0.517. The van der Waals surface area contributed by atoms with E-state index in [-0.39, 0.29) is 43.8 Å². The molecular weight excluding hydrogens is 472 g/mol. The van der Waals surface area contributed by atoms with E-state index in [0.29, 0.717) is 28.6 Å². The second kappa shape index (κ2) is 10.9. The molecule has 2 aliphatic heterocycles. The normalized spacial score (nSPS) is 20.4. The van der Waals surface area contributed by atoms with Crippen molar-refractivity contribution >= 4 is 11.8 Å². The van der Waals surface area contributed by atoms with Crippen LogP contribution in [0.25, 0.3) is 0 Å². The Bertz CT molecular complexity index is 1140. The number of amides is 2. The molecule has 2 aromatic rings. The zero-order valence-corrected chi connectivity index (χ0v) is 21.9. The number of hydrogen-bond donors (Lipinski definition) is 0. The average molecular weight is 509 g/mol. The quantitative estimate of drug-likeness (QED) is 0.498. The lowest BCUT2D eigenvalue weighted by Crippen LogP contribution is -2.57. The van der Waals surface area contributed by atoms with Gasteiger partial charge in [0.25, 0.3) is 5.91 Å². The zero-order chi connectivity index (χ0) is 25.9. The van der Waals surface area contributed by atoms with Crippen molar-refractivity contribution in [3.63, 3.8) is 0 Å². The summed E-state index contributed by atoms with van der Waals surface area (Å²) in [4.78, 5) is 31.4. The number of methoxy groups -OCH3 is 1. The van der Waals surface area contributed by atoms with Crippen LogP contribution in [-0.4, -0.2) is 54.2 Å². The lowest BCUT2D eigenvalue weighted by molar-refractivity contribution is -0.159. The molecule has 198 valence electrons. The summed E-state index contributed by atoms with van der Waals surface area (Å²) in [6, 6.07) is 10.5. The van der Waals surface area contributed by atoms with E-state index < -0.39 is 6.04 Å². The van der Waals surface area contributed by atoms with Gasteiger partial charge in [0.15, 0.2) is 23.0 Å². The lowest BCUT2D eigenvalue weighted by Gasteiger charge is -2.43. The van der Waals surface area contributed by atoms with Gasteiger partial charge in [-0.15, -0.1) is 0 Å². The first kappa shape index (κ1) is 25.2. The minimum Gasteiger partial charge on any atom is -0.493 e. The van der Waals surface area contributed by atoms with Gasteiger partial charge < -0.3 is 28.7 Å². The van der Waals surface area contributed by atoms with Crippen molar-refractivity contribution in [1.29, 1.82) is 0 Å². The Balaban J connectivity index is 1.50. The van der Waals surface area contributed by atoms with E-state index in [1.165, 1.54) is 12.8 Å². The van der Waals surface area contributed by atoms with Crippen LogP contribution in [0.4, 0.5) is 0 Å². The van der Waals surface area contributed by atoms with Crippen LogP contribution in [-0.2, 0) is 16.1 Å². The summed E-state index contributed by atoms with van der Waals surface area (Å²) >= 11 is 0. The summed E-state index contributed by atoms with van der Waals surface area (Å²) in [7, 11) is 1.59. The van der Waals surface area contributed by atoms with Crippen LogP contribution >= 0.6 is 0 Å². The fourth-order valence-electron chi connectivity index (χ4n) is 5.57. The maximum absolute atomic E-state index is 14.1. The fourth-order valence-corrected chi connectivity index (χ4v) is 5.57. The highest BCUT2D eigenvalue weighted by molar-refractivity contribution is 5.96. The van der Waals surface area contributed by atoms with Gasteiger partial charge in [-0.3, -0.25) is 9.59 Å². The van der Waals surface area contributed by atoms with Gasteiger partial charge in [0.05, 0.1) is 13.2 Å². The summed E-state index contributed by atoms with van der Waals surface area (Å²) in [5.41, 5.74) is 1.59. The molecule has 0 bridgehead atoms. The molecule has 1 saturated carbocycles. The van der Waals surface area contributed by atoms with Crippen molar-refractivity contribution < 1.29 is 28.5 Å². The van der Waals surface area contributed by atoms with Crippen LogP contribution in [0.3, 0.4) is 0 Å². The predicted octanol–water partition coefficient (Wildman–Crippen LogP) is 4.85. The number of ether oxygens (including phenoxy) is 4. The van der Waals surface area contributed by atoms with Crippen molar-refractivity contribution in [2.45, 2.75) is 77.1 Å². The molecule has 1 atom stereocenters. The minimum absolute atomic E-state index is 0.0223. The highest BCUT2D eigenvalue weighted by Crippen LogP contribution is 2.38. The van der Waals surface area contributed by atoms with Gasteiger partial charge >= 0.3 is 0 Å². The molecule has 2 amide bonds. The third-order valence-electron chi connectivity index (χ3n) is 7.38. The first-order valence-corrected chi connectivity index (χ1v) is 13.3. The van der Waals surface area contributed by atoms with Crippen molar-refractivity contribution in [1.82, 2.24) is 9.80 Å². The van der Waals surface area contributed by atoms with Crippen LogP contribution < -0.4 is 18.9 Å². The molecule has 1 saturated heterocycles. The molecule has 5 rings (SSSR count). The van der Waals surface area contributed by atoms with Gasteiger partial charge in [0.1, 0.15) is 12.6 Å². The van der Waals surface area contributed by atoms with Crippen LogP contribution in [0.5, 0.6) is 23.0 Å². The van der Waals surface area contributed by atoms with E-state index in [2.05, 4.69) is 0 Å². The SMILES string of the molecule is COc1cc([C@H]2C(=O)N(C3CCCCCC3)CC(=O)N2Cc2ccc3c(c2)OCO3)ccc1OC(C)C. The topological polar surface area (TPSA) is 77.5 Å². The molecule has 2 fully saturated rings. The highest BCUT2D eigenvalue weighted by Gasteiger charge is 2.43.